The Balaban J connectivity index is 1.55. The van der Waals surface area contributed by atoms with Gasteiger partial charge in [0, 0.05) is 38.1 Å². The van der Waals surface area contributed by atoms with Crippen molar-refractivity contribution in [1.29, 1.82) is 0 Å². The second-order valence-corrected chi connectivity index (χ2v) is 9.79. The number of nitro benzene ring substituents is 1. The summed E-state index contributed by atoms with van der Waals surface area (Å²) in [5.74, 6) is -2.49. The van der Waals surface area contributed by atoms with E-state index < -0.39 is 50.3 Å². The fourth-order valence-corrected chi connectivity index (χ4v) is 4.91. The van der Waals surface area contributed by atoms with Crippen LogP contribution in [0.4, 0.5) is 15.8 Å². The van der Waals surface area contributed by atoms with Crippen LogP contribution in [0.5, 0.6) is 0 Å². The van der Waals surface area contributed by atoms with Gasteiger partial charge in [0.15, 0.2) is 11.1 Å². The third-order valence-corrected chi connectivity index (χ3v) is 7.32. The number of sulfonamides is 1. The fraction of sp³-hybridized carbons (Fsp3) is 0.450. The minimum absolute atomic E-state index is 0.0238. The van der Waals surface area contributed by atoms with Crippen molar-refractivity contribution in [1.82, 2.24) is 13.9 Å². The number of piperidine rings is 1. The number of carbonyl (C=O) groups excluding carboxylic acids is 2. The molecule has 1 saturated heterocycles. The lowest BCUT2D eigenvalue weighted by atomic mass is 9.98. The summed E-state index contributed by atoms with van der Waals surface area (Å²) in [5, 5.41) is 13.1. The highest BCUT2D eigenvalue weighted by atomic mass is 32.2. The first-order valence-corrected chi connectivity index (χ1v) is 11.8. The molecule has 34 heavy (non-hydrogen) atoms. The van der Waals surface area contributed by atoms with E-state index >= 15 is 0 Å². The summed E-state index contributed by atoms with van der Waals surface area (Å²) in [5.41, 5.74) is -0.825. The summed E-state index contributed by atoms with van der Waals surface area (Å²) < 4.78 is 47.1. The van der Waals surface area contributed by atoms with E-state index in [9.17, 15) is 32.5 Å². The van der Waals surface area contributed by atoms with Crippen LogP contribution in [0.3, 0.4) is 0 Å². The molecule has 1 amide bonds. The molecule has 14 heteroatoms. The lowest BCUT2D eigenvalue weighted by Crippen LogP contribution is -2.41. The smallest absolute Gasteiger partial charge is 0.309 e. The number of hydrogen-bond acceptors (Lipinski definition) is 8. The van der Waals surface area contributed by atoms with E-state index in [1.165, 1.54) is 17.4 Å². The van der Waals surface area contributed by atoms with E-state index in [2.05, 4.69) is 10.3 Å². The van der Waals surface area contributed by atoms with Gasteiger partial charge in [-0.05, 0) is 38.8 Å². The Hall–Kier alpha value is -3.39. The van der Waals surface area contributed by atoms with E-state index in [0.29, 0.717) is 5.82 Å². The monoisotopic (exact) mass is 497 g/mol. The van der Waals surface area contributed by atoms with Crippen molar-refractivity contribution < 1.29 is 32.1 Å². The molecule has 1 aliphatic heterocycles. The molecule has 2 aromatic rings. The average molecular weight is 498 g/mol. The van der Waals surface area contributed by atoms with Gasteiger partial charge in [-0.2, -0.15) is 8.70 Å². The minimum Gasteiger partial charge on any atom is -0.452 e. The maximum atomic E-state index is 13.4. The van der Waals surface area contributed by atoms with Crippen LogP contribution in [0.25, 0.3) is 0 Å². The van der Waals surface area contributed by atoms with Crippen molar-refractivity contribution in [3.8, 4) is 0 Å². The molecule has 0 bridgehead atoms. The number of amides is 1. The molecular formula is C20H24FN5O7S. The Labute approximate surface area is 194 Å². The molecule has 1 aromatic carbocycles. The third-order valence-electron chi connectivity index (χ3n) is 5.55. The number of carbonyl (C=O) groups is 2. The summed E-state index contributed by atoms with van der Waals surface area (Å²) in [4.78, 5) is 38.8. The number of nitrogens with zero attached hydrogens (tertiary/aromatic N) is 4. The molecule has 0 aliphatic carbocycles. The Kier molecular flexibility index (Phi) is 7.31. The predicted molar refractivity (Wildman–Crippen MR) is 117 cm³/mol. The van der Waals surface area contributed by atoms with Crippen molar-refractivity contribution >= 4 is 33.3 Å². The van der Waals surface area contributed by atoms with Gasteiger partial charge < -0.3 is 14.6 Å². The second-order valence-electron chi connectivity index (χ2n) is 7.91. The van der Waals surface area contributed by atoms with Crippen LogP contribution in [-0.2, 0) is 31.4 Å². The quantitative estimate of drug-likeness (QED) is 0.345. The van der Waals surface area contributed by atoms with Crippen LogP contribution < -0.4 is 5.32 Å². The van der Waals surface area contributed by atoms with Gasteiger partial charge in [-0.3, -0.25) is 19.7 Å². The Morgan fingerprint density at radius 1 is 1.32 bits per heavy atom. The molecular weight excluding hydrogens is 473 g/mol. The number of anilines is 1. The van der Waals surface area contributed by atoms with Crippen molar-refractivity contribution in [2.45, 2.75) is 37.8 Å². The van der Waals surface area contributed by atoms with Gasteiger partial charge in [0.1, 0.15) is 5.82 Å². The summed E-state index contributed by atoms with van der Waals surface area (Å²) in [7, 11) is -2.09. The molecule has 184 valence electrons. The molecule has 1 aromatic heterocycles. The number of rotatable bonds is 7. The predicted octanol–water partition coefficient (Wildman–Crippen LogP) is 1.75. The number of nitrogens with one attached hydrogen (secondary N) is 1. The summed E-state index contributed by atoms with van der Waals surface area (Å²) in [6.45, 7) is 3.21. The van der Waals surface area contributed by atoms with E-state index in [0.717, 1.165) is 18.2 Å². The van der Waals surface area contributed by atoms with Crippen LogP contribution in [0.15, 0.2) is 29.4 Å². The SMILES string of the molecule is Cc1nc(S(=O)(=O)N2CCC(C(=O)OC(C)C(=O)Nc3ccc(F)c([N+](=O)[O-])c3)CC2)cn1C. The number of imidazole rings is 1. The summed E-state index contributed by atoms with van der Waals surface area (Å²) in [6.07, 6.45) is 0.626. The Morgan fingerprint density at radius 2 is 1.97 bits per heavy atom. The van der Waals surface area contributed by atoms with Crippen LogP contribution in [0, 0.1) is 28.8 Å². The van der Waals surface area contributed by atoms with Crippen molar-refractivity contribution in [3.63, 3.8) is 0 Å². The van der Waals surface area contributed by atoms with Crippen LogP contribution in [0.1, 0.15) is 25.6 Å². The van der Waals surface area contributed by atoms with Gasteiger partial charge in [-0.1, -0.05) is 0 Å². The highest BCUT2D eigenvalue weighted by molar-refractivity contribution is 7.89. The zero-order valence-corrected chi connectivity index (χ0v) is 19.5. The number of benzene rings is 1. The molecule has 1 aliphatic rings. The van der Waals surface area contributed by atoms with Crippen LogP contribution >= 0.6 is 0 Å². The number of hydrogen-bond donors (Lipinski definition) is 1. The number of ether oxygens (including phenoxy) is 1. The molecule has 2 heterocycles. The highest BCUT2D eigenvalue weighted by Gasteiger charge is 2.35. The molecule has 0 radical (unpaired) electrons. The number of aromatic nitrogens is 2. The molecule has 1 unspecified atom stereocenters. The zero-order valence-electron chi connectivity index (χ0n) is 18.7. The molecule has 0 saturated carbocycles. The first kappa shape index (κ1) is 25.2. The summed E-state index contributed by atoms with van der Waals surface area (Å²) in [6, 6.07) is 2.85. The third kappa shape index (κ3) is 5.39. The molecule has 0 spiro atoms. The molecule has 1 atom stereocenters. The van der Waals surface area contributed by atoms with E-state index in [4.69, 9.17) is 4.74 Å². The van der Waals surface area contributed by atoms with Gasteiger partial charge in [-0.15, -0.1) is 0 Å². The number of nitro groups is 1. The van der Waals surface area contributed by atoms with E-state index in [1.807, 2.05) is 0 Å². The fourth-order valence-electron chi connectivity index (χ4n) is 3.41. The highest BCUT2D eigenvalue weighted by Crippen LogP contribution is 2.25. The van der Waals surface area contributed by atoms with Crippen molar-refractivity contribution in [3.05, 3.63) is 46.2 Å². The van der Waals surface area contributed by atoms with Gasteiger partial charge in [-0.25, -0.2) is 13.4 Å². The lowest BCUT2D eigenvalue weighted by molar-refractivity contribution is -0.387. The average Bonchev–Trinajstić information content (AvgIpc) is 3.13. The zero-order chi connectivity index (χ0) is 25.2. The Morgan fingerprint density at radius 3 is 2.53 bits per heavy atom. The van der Waals surface area contributed by atoms with Crippen molar-refractivity contribution in [2.75, 3.05) is 18.4 Å². The number of aryl methyl sites for hydroxylation is 2. The first-order chi connectivity index (χ1) is 15.9. The maximum absolute atomic E-state index is 13.4. The van der Waals surface area contributed by atoms with Crippen LogP contribution in [-0.4, -0.2) is 58.3 Å². The number of halogens is 1. The first-order valence-electron chi connectivity index (χ1n) is 10.4. The maximum Gasteiger partial charge on any atom is 0.309 e. The van der Waals surface area contributed by atoms with Crippen LogP contribution in [0.2, 0.25) is 0 Å². The minimum atomic E-state index is -3.79. The standard InChI is InChI=1S/C20H24FN5O7S/c1-12(19(27)23-15-4-5-16(21)17(10-15)26(29)30)33-20(28)14-6-8-25(9-7-14)34(31,32)18-11-24(3)13(2)22-18/h4-5,10-12,14H,6-9H2,1-3H3,(H,23,27). The van der Waals surface area contributed by atoms with Gasteiger partial charge in [0.2, 0.25) is 5.82 Å². The van der Waals surface area contributed by atoms with Gasteiger partial charge >= 0.3 is 11.7 Å². The summed E-state index contributed by atoms with van der Waals surface area (Å²) >= 11 is 0. The topological polar surface area (TPSA) is 154 Å². The van der Waals surface area contributed by atoms with E-state index in [1.54, 1.807) is 18.5 Å². The largest absolute Gasteiger partial charge is 0.452 e. The lowest BCUT2D eigenvalue weighted by Gasteiger charge is -2.30. The van der Waals surface area contributed by atoms with Gasteiger partial charge in [0.05, 0.1) is 10.8 Å². The molecule has 12 nitrogen and oxygen atoms in total. The van der Waals surface area contributed by atoms with E-state index in [-0.39, 0.29) is 36.6 Å². The normalized spacial score (nSPS) is 16.1. The molecule has 1 N–H and O–H groups in total. The number of esters is 1. The Bertz CT molecular complexity index is 1200. The second kappa shape index (κ2) is 9.85. The van der Waals surface area contributed by atoms with Crippen molar-refractivity contribution in [2.24, 2.45) is 13.0 Å². The molecule has 1 fully saturated rings. The molecule has 3 rings (SSSR count). The van der Waals surface area contributed by atoms with Gasteiger partial charge in [0.25, 0.3) is 15.9 Å².